The zero-order valence-corrected chi connectivity index (χ0v) is 19.5. The van der Waals surface area contributed by atoms with Gasteiger partial charge in [-0.3, -0.25) is 0 Å². The number of amides is 2. The molecule has 1 atom stereocenters. The molecule has 0 fully saturated rings. The van der Waals surface area contributed by atoms with Gasteiger partial charge in [0.1, 0.15) is 5.75 Å². The molecule has 4 nitrogen and oxygen atoms in total. The summed E-state index contributed by atoms with van der Waals surface area (Å²) in [6.07, 6.45) is 1.94. The highest BCUT2D eigenvalue weighted by molar-refractivity contribution is 7.12. The van der Waals surface area contributed by atoms with Gasteiger partial charge in [0.15, 0.2) is 0 Å². The number of hydrogen-bond donors (Lipinski definition) is 1. The summed E-state index contributed by atoms with van der Waals surface area (Å²) in [6, 6.07) is 16.3. The summed E-state index contributed by atoms with van der Waals surface area (Å²) >= 11 is 1.84. The van der Waals surface area contributed by atoms with Gasteiger partial charge in [0.25, 0.3) is 0 Å². The normalized spacial score (nSPS) is 15.5. The smallest absolute Gasteiger partial charge is 0.318 e. The second kappa shape index (κ2) is 9.15. The monoisotopic (exact) mass is 434 g/mol. The molecule has 31 heavy (non-hydrogen) atoms. The lowest BCUT2D eigenvalue weighted by atomic mass is 9.92. The molecule has 5 heteroatoms. The molecule has 1 unspecified atom stereocenters. The van der Waals surface area contributed by atoms with Crippen molar-refractivity contribution in [3.05, 3.63) is 86.1 Å². The highest BCUT2D eigenvalue weighted by Gasteiger charge is 2.35. The van der Waals surface area contributed by atoms with Gasteiger partial charge in [0.05, 0.1) is 13.2 Å². The van der Waals surface area contributed by atoms with Crippen molar-refractivity contribution in [3.8, 4) is 5.75 Å². The Morgan fingerprint density at radius 2 is 1.84 bits per heavy atom. The molecule has 1 aliphatic rings. The molecule has 0 bridgehead atoms. The number of nitrogens with one attached hydrogen (secondary N) is 1. The minimum absolute atomic E-state index is 0.0175. The zero-order valence-electron chi connectivity index (χ0n) is 18.7. The van der Waals surface area contributed by atoms with E-state index in [9.17, 15) is 4.79 Å². The lowest BCUT2D eigenvalue weighted by Crippen LogP contribution is -2.45. The van der Waals surface area contributed by atoms with E-state index >= 15 is 0 Å². The molecule has 1 aliphatic heterocycles. The molecule has 2 amide bonds. The number of urea groups is 1. The van der Waals surface area contributed by atoms with Crippen LogP contribution in [0.15, 0.2) is 48.5 Å². The van der Waals surface area contributed by atoms with Crippen LogP contribution in [0.2, 0.25) is 0 Å². The van der Waals surface area contributed by atoms with Gasteiger partial charge in [-0.1, -0.05) is 48.9 Å². The van der Waals surface area contributed by atoms with Crippen LogP contribution >= 0.6 is 11.3 Å². The number of hydrogen-bond acceptors (Lipinski definition) is 3. The third kappa shape index (κ3) is 4.33. The predicted molar refractivity (Wildman–Crippen MR) is 127 cm³/mol. The van der Waals surface area contributed by atoms with E-state index in [1.165, 1.54) is 26.4 Å². The molecule has 0 spiro atoms. The average Bonchev–Trinajstić information content (AvgIpc) is 3.12. The maximum absolute atomic E-state index is 13.3. The second-order valence-electron chi connectivity index (χ2n) is 8.10. The fourth-order valence-electron chi connectivity index (χ4n) is 4.43. The molecular weight excluding hydrogens is 404 g/mol. The van der Waals surface area contributed by atoms with Crippen LogP contribution in [0.25, 0.3) is 0 Å². The van der Waals surface area contributed by atoms with Crippen molar-refractivity contribution < 1.29 is 9.53 Å². The van der Waals surface area contributed by atoms with E-state index < -0.39 is 0 Å². The first kappa shape index (κ1) is 21.4. The van der Waals surface area contributed by atoms with Crippen molar-refractivity contribution in [2.24, 2.45) is 0 Å². The number of carbonyl (C=O) groups is 1. The van der Waals surface area contributed by atoms with Gasteiger partial charge in [-0.2, -0.15) is 0 Å². The Kier molecular flexibility index (Phi) is 6.33. The highest BCUT2D eigenvalue weighted by atomic mass is 32.1. The van der Waals surface area contributed by atoms with Gasteiger partial charge in [-0.05, 0) is 61.1 Å². The van der Waals surface area contributed by atoms with Gasteiger partial charge < -0.3 is 15.0 Å². The molecule has 0 radical (unpaired) electrons. The Balaban J connectivity index is 1.64. The Hall–Kier alpha value is -2.79. The molecule has 1 aromatic heterocycles. The fourth-order valence-corrected chi connectivity index (χ4v) is 5.87. The summed E-state index contributed by atoms with van der Waals surface area (Å²) in [5, 5.41) is 3.14. The van der Waals surface area contributed by atoms with Crippen LogP contribution in [0.5, 0.6) is 5.75 Å². The maximum Gasteiger partial charge on any atom is 0.318 e. The molecule has 162 valence electrons. The summed E-state index contributed by atoms with van der Waals surface area (Å²) < 4.78 is 5.35. The summed E-state index contributed by atoms with van der Waals surface area (Å²) in [7, 11) is 1.68. The van der Waals surface area contributed by atoms with Crippen molar-refractivity contribution in [3.63, 3.8) is 0 Å². The Bertz CT molecular complexity index is 1050. The summed E-state index contributed by atoms with van der Waals surface area (Å²) in [4.78, 5) is 18.0. The minimum atomic E-state index is -0.0725. The summed E-state index contributed by atoms with van der Waals surface area (Å²) in [6.45, 7) is 7.74. The van der Waals surface area contributed by atoms with E-state index in [1.807, 2.05) is 28.4 Å². The van der Waals surface area contributed by atoms with Gasteiger partial charge >= 0.3 is 6.03 Å². The van der Waals surface area contributed by atoms with Crippen LogP contribution in [0.1, 0.15) is 50.5 Å². The van der Waals surface area contributed by atoms with E-state index in [4.69, 9.17) is 4.74 Å². The number of carbonyl (C=O) groups excluding carboxylic acids is 1. The average molecular weight is 435 g/mol. The van der Waals surface area contributed by atoms with Crippen molar-refractivity contribution in [1.82, 2.24) is 10.2 Å². The van der Waals surface area contributed by atoms with Gasteiger partial charge in [-0.15, -0.1) is 11.3 Å². The molecule has 3 aromatic rings. The fraction of sp³-hybridized carbons (Fsp3) is 0.346. The van der Waals surface area contributed by atoms with E-state index in [1.54, 1.807) is 7.11 Å². The summed E-state index contributed by atoms with van der Waals surface area (Å²) in [5.41, 5.74) is 6.35. The molecule has 4 rings (SSSR count). The number of ether oxygens (including phenoxy) is 1. The van der Waals surface area contributed by atoms with Crippen LogP contribution in [0, 0.1) is 13.8 Å². The number of fused-ring (bicyclic) bond motifs is 1. The Labute approximate surface area is 188 Å². The highest BCUT2D eigenvalue weighted by Crippen LogP contribution is 2.43. The molecule has 0 aliphatic carbocycles. The molecule has 1 N–H and O–H groups in total. The van der Waals surface area contributed by atoms with Crippen LogP contribution < -0.4 is 10.1 Å². The third-order valence-electron chi connectivity index (χ3n) is 6.12. The van der Waals surface area contributed by atoms with E-state index in [0.29, 0.717) is 13.1 Å². The lowest BCUT2D eigenvalue weighted by Gasteiger charge is -2.36. The molecule has 2 heterocycles. The molecule has 2 aromatic carbocycles. The molecule has 0 saturated carbocycles. The van der Waals surface area contributed by atoms with Crippen LogP contribution in [0.3, 0.4) is 0 Å². The summed E-state index contributed by atoms with van der Waals surface area (Å²) in [5.74, 6) is 0.826. The van der Waals surface area contributed by atoms with Crippen molar-refractivity contribution in [2.45, 2.75) is 46.2 Å². The largest absolute Gasteiger partial charge is 0.497 e. The SMILES string of the molecule is CCc1c(C)sc2c1CCN(C(=O)NCc1ccc(C)cc1)C2c1ccc(OC)cc1. The standard InChI is InChI=1S/C26H30N2O2S/c1-5-22-18(3)31-25-23(22)14-15-28(24(25)20-10-12-21(30-4)13-11-20)26(29)27-16-19-8-6-17(2)7-9-19/h6-13,24H,5,14-16H2,1-4H3,(H,27,29). The molecule has 0 saturated heterocycles. The Morgan fingerprint density at radius 1 is 1.13 bits per heavy atom. The topological polar surface area (TPSA) is 41.6 Å². The van der Waals surface area contributed by atoms with E-state index in [-0.39, 0.29) is 12.1 Å². The third-order valence-corrected chi connectivity index (χ3v) is 7.36. The van der Waals surface area contributed by atoms with Gasteiger partial charge in [0.2, 0.25) is 0 Å². The van der Waals surface area contributed by atoms with Crippen molar-refractivity contribution in [1.29, 1.82) is 0 Å². The Morgan fingerprint density at radius 3 is 2.48 bits per heavy atom. The maximum atomic E-state index is 13.3. The number of methoxy groups -OCH3 is 1. The van der Waals surface area contributed by atoms with Crippen molar-refractivity contribution >= 4 is 17.4 Å². The number of benzene rings is 2. The van der Waals surface area contributed by atoms with Gasteiger partial charge in [-0.25, -0.2) is 4.79 Å². The quantitative estimate of drug-likeness (QED) is 0.552. The van der Waals surface area contributed by atoms with Gasteiger partial charge in [0, 0.05) is 22.8 Å². The van der Waals surface area contributed by atoms with E-state index in [0.717, 1.165) is 29.7 Å². The first-order valence-corrected chi connectivity index (χ1v) is 11.7. The molecular formula is C26H30N2O2S. The lowest BCUT2D eigenvalue weighted by molar-refractivity contribution is 0.181. The first-order valence-electron chi connectivity index (χ1n) is 10.9. The van der Waals surface area contributed by atoms with E-state index in [2.05, 4.69) is 62.5 Å². The first-order chi connectivity index (χ1) is 15.0. The number of nitrogens with zero attached hydrogens (tertiary/aromatic N) is 1. The van der Waals surface area contributed by atoms with Crippen molar-refractivity contribution in [2.75, 3.05) is 13.7 Å². The number of rotatable bonds is 5. The van der Waals surface area contributed by atoms with Crippen LogP contribution in [-0.2, 0) is 19.4 Å². The second-order valence-corrected chi connectivity index (χ2v) is 9.35. The number of thiophene rings is 1. The predicted octanol–water partition coefficient (Wildman–Crippen LogP) is 5.79. The zero-order chi connectivity index (χ0) is 22.0. The number of aryl methyl sites for hydroxylation is 2. The van der Waals surface area contributed by atoms with Crippen LogP contribution in [-0.4, -0.2) is 24.6 Å². The van der Waals surface area contributed by atoms with Crippen LogP contribution in [0.4, 0.5) is 4.79 Å². The minimum Gasteiger partial charge on any atom is -0.497 e.